The van der Waals surface area contributed by atoms with Crippen molar-refractivity contribution >= 4 is 0 Å². The topological polar surface area (TPSA) is 88.5 Å². The Morgan fingerprint density at radius 1 is 0.737 bits per heavy atom. The maximum absolute atomic E-state index is 5.75. The van der Waals surface area contributed by atoms with Crippen molar-refractivity contribution in [1.29, 1.82) is 0 Å². The Hall–Kier alpha value is -2.04. The van der Waals surface area contributed by atoms with Crippen molar-refractivity contribution in [2.75, 3.05) is 0 Å². The standard InChI is InChI=1S/C15H16O2.2H3N/c1-2-15(16-13-9-5-3-6-10-13)17-14-11-7-4-8-12-14;;/h3-12,15H,2H2,1H3;2*1H3. The van der Waals surface area contributed by atoms with Crippen molar-refractivity contribution in [3.8, 4) is 11.5 Å². The summed E-state index contributed by atoms with van der Waals surface area (Å²) in [5.41, 5.74) is 0. The molecule has 2 rings (SSSR count). The molecule has 4 nitrogen and oxygen atoms in total. The van der Waals surface area contributed by atoms with Gasteiger partial charge < -0.3 is 21.8 Å². The first-order valence-electron chi connectivity index (χ1n) is 5.82. The number of benzene rings is 2. The highest BCUT2D eigenvalue weighted by molar-refractivity contribution is 5.23. The van der Waals surface area contributed by atoms with Crippen molar-refractivity contribution in [2.45, 2.75) is 19.6 Å². The highest BCUT2D eigenvalue weighted by Crippen LogP contribution is 2.16. The molecule has 0 aliphatic rings. The average molecular weight is 262 g/mol. The van der Waals surface area contributed by atoms with E-state index in [4.69, 9.17) is 9.47 Å². The minimum Gasteiger partial charge on any atom is -0.455 e. The minimum atomic E-state index is -0.250. The summed E-state index contributed by atoms with van der Waals surface area (Å²) in [6.45, 7) is 2.04. The zero-order chi connectivity index (χ0) is 11.9. The molecule has 2 aromatic carbocycles. The van der Waals surface area contributed by atoms with E-state index in [1.54, 1.807) is 0 Å². The van der Waals surface area contributed by atoms with Gasteiger partial charge >= 0.3 is 0 Å². The molecule has 0 aliphatic carbocycles. The maximum atomic E-state index is 5.75. The van der Waals surface area contributed by atoms with Crippen LogP contribution < -0.4 is 21.8 Å². The van der Waals surface area contributed by atoms with E-state index < -0.39 is 0 Å². The van der Waals surface area contributed by atoms with Gasteiger partial charge in [0.05, 0.1) is 0 Å². The van der Waals surface area contributed by atoms with Crippen LogP contribution in [0.3, 0.4) is 0 Å². The van der Waals surface area contributed by atoms with Crippen LogP contribution in [-0.4, -0.2) is 6.29 Å². The van der Waals surface area contributed by atoms with Crippen LogP contribution in [0.15, 0.2) is 60.7 Å². The van der Waals surface area contributed by atoms with E-state index in [1.165, 1.54) is 0 Å². The molecular weight excluding hydrogens is 240 g/mol. The maximum Gasteiger partial charge on any atom is 0.240 e. The van der Waals surface area contributed by atoms with Crippen molar-refractivity contribution < 1.29 is 9.47 Å². The summed E-state index contributed by atoms with van der Waals surface area (Å²) >= 11 is 0. The summed E-state index contributed by atoms with van der Waals surface area (Å²) in [4.78, 5) is 0. The first kappa shape index (κ1) is 17.0. The summed E-state index contributed by atoms with van der Waals surface area (Å²) in [5.74, 6) is 1.66. The third-order valence-electron chi connectivity index (χ3n) is 2.35. The first-order valence-corrected chi connectivity index (χ1v) is 5.82. The third kappa shape index (κ3) is 5.42. The van der Waals surface area contributed by atoms with Gasteiger partial charge in [-0.3, -0.25) is 0 Å². The molecule has 4 heteroatoms. The molecule has 19 heavy (non-hydrogen) atoms. The predicted molar refractivity (Wildman–Crippen MR) is 78.3 cm³/mol. The lowest BCUT2D eigenvalue weighted by Gasteiger charge is -2.19. The lowest BCUT2D eigenvalue weighted by atomic mass is 10.3. The van der Waals surface area contributed by atoms with Crippen LogP contribution in [0.25, 0.3) is 0 Å². The van der Waals surface area contributed by atoms with Crippen LogP contribution in [0.2, 0.25) is 0 Å². The minimum absolute atomic E-state index is 0. The average Bonchev–Trinajstić information content (AvgIpc) is 2.40. The highest BCUT2D eigenvalue weighted by Gasteiger charge is 2.08. The van der Waals surface area contributed by atoms with Gasteiger partial charge in [-0.05, 0) is 24.3 Å². The molecule has 0 bridgehead atoms. The predicted octanol–water partition coefficient (Wildman–Crippen LogP) is 4.20. The Labute approximate surface area is 114 Å². The molecule has 0 radical (unpaired) electrons. The van der Waals surface area contributed by atoms with E-state index >= 15 is 0 Å². The zero-order valence-electron chi connectivity index (χ0n) is 11.3. The number of hydrogen-bond acceptors (Lipinski definition) is 4. The second kappa shape index (κ2) is 8.97. The number of hydrogen-bond donors (Lipinski definition) is 2. The molecule has 104 valence electrons. The van der Waals surface area contributed by atoms with Crippen LogP contribution in [-0.2, 0) is 0 Å². The Bertz CT molecular complexity index is 393. The molecule has 0 aromatic heterocycles. The van der Waals surface area contributed by atoms with Gasteiger partial charge in [-0.15, -0.1) is 0 Å². The first-order chi connectivity index (χ1) is 8.38. The van der Waals surface area contributed by atoms with Crippen LogP contribution in [0.4, 0.5) is 0 Å². The fraction of sp³-hybridized carbons (Fsp3) is 0.200. The lowest BCUT2D eigenvalue weighted by molar-refractivity contribution is 0.00331. The lowest BCUT2D eigenvalue weighted by Crippen LogP contribution is -2.22. The molecule has 0 saturated heterocycles. The van der Waals surface area contributed by atoms with Crippen LogP contribution in [0.1, 0.15) is 13.3 Å². The van der Waals surface area contributed by atoms with Gasteiger partial charge in [0.1, 0.15) is 11.5 Å². The molecular formula is C15H22N2O2. The van der Waals surface area contributed by atoms with E-state index in [2.05, 4.69) is 0 Å². The van der Waals surface area contributed by atoms with Crippen molar-refractivity contribution in [3.63, 3.8) is 0 Å². The van der Waals surface area contributed by atoms with Gasteiger partial charge in [0.25, 0.3) is 0 Å². The van der Waals surface area contributed by atoms with Gasteiger partial charge in [-0.25, -0.2) is 0 Å². The van der Waals surface area contributed by atoms with Gasteiger partial charge in [0.15, 0.2) is 0 Å². The largest absolute Gasteiger partial charge is 0.455 e. The summed E-state index contributed by atoms with van der Waals surface area (Å²) < 4.78 is 11.5. The van der Waals surface area contributed by atoms with Crippen LogP contribution >= 0.6 is 0 Å². The normalized spacial score (nSPS) is 9.16. The van der Waals surface area contributed by atoms with Crippen molar-refractivity contribution in [2.24, 2.45) is 0 Å². The SMILES string of the molecule is CCC(Oc1ccccc1)Oc1ccccc1.N.N. The van der Waals surface area contributed by atoms with Crippen molar-refractivity contribution in [1.82, 2.24) is 12.3 Å². The van der Waals surface area contributed by atoms with E-state index in [9.17, 15) is 0 Å². The van der Waals surface area contributed by atoms with E-state index in [0.29, 0.717) is 0 Å². The van der Waals surface area contributed by atoms with Crippen LogP contribution in [0, 0.1) is 0 Å². The smallest absolute Gasteiger partial charge is 0.240 e. The molecule has 0 saturated carbocycles. The van der Waals surface area contributed by atoms with Crippen molar-refractivity contribution in [3.05, 3.63) is 60.7 Å². The van der Waals surface area contributed by atoms with Gasteiger partial charge in [-0.2, -0.15) is 0 Å². The molecule has 0 unspecified atom stereocenters. The molecule has 0 heterocycles. The Kier molecular flexibility index (Phi) is 8.00. The van der Waals surface area contributed by atoms with Crippen LogP contribution in [0.5, 0.6) is 11.5 Å². The molecule has 0 aliphatic heterocycles. The van der Waals surface area contributed by atoms with Gasteiger partial charge in [0, 0.05) is 6.42 Å². The Balaban J connectivity index is 0.00000162. The molecule has 0 spiro atoms. The number of ether oxygens (including phenoxy) is 2. The quantitative estimate of drug-likeness (QED) is 0.790. The van der Waals surface area contributed by atoms with E-state index in [0.717, 1.165) is 17.9 Å². The third-order valence-corrected chi connectivity index (χ3v) is 2.35. The molecule has 0 amide bonds. The molecule has 2 aromatic rings. The van der Waals surface area contributed by atoms with Gasteiger partial charge in [-0.1, -0.05) is 43.3 Å². The van der Waals surface area contributed by atoms with E-state index in [-0.39, 0.29) is 18.6 Å². The number of rotatable bonds is 5. The summed E-state index contributed by atoms with van der Waals surface area (Å²) in [7, 11) is 0. The van der Waals surface area contributed by atoms with E-state index in [1.807, 2.05) is 67.6 Å². The zero-order valence-corrected chi connectivity index (χ0v) is 11.3. The summed E-state index contributed by atoms with van der Waals surface area (Å²) in [6.07, 6.45) is 0.545. The summed E-state index contributed by atoms with van der Waals surface area (Å²) in [6, 6.07) is 19.4. The number of para-hydroxylation sites is 2. The molecule has 0 fully saturated rings. The van der Waals surface area contributed by atoms with Gasteiger partial charge in [0.2, 0.25) is 6.29 Å². The Morgan fingerprint density at radius 3 is 1.42 bits per heavy atom. The second-order valence-corrected chi connectivity index (χ2v) is 3.70. The Morgan fingerprint density at radius 2 is 1.11 bits per heavy atom. The fourth-order valence-corrected chi connectivity index (χ4v) is 1.49. The highest BCUT2D eigenvalue weighted by atomic mass is 16.7. The monoisotopic (exact) mass is 262 g/mol. The summed E-state index contributed by atoms with van der Waals surface area (Å²) in [5, 5.41) is 0. The fourth-order valence-electron chi connectivity index (χ4n) is 1.49. The molecule has 0 atom stereocenters. The molecule has 6 N–H and O–H groups in total. The second-order valence-electron chi connectivity index (χ2n) is 3.70.